The van der Waals surface area contributed by atoms with Gasteiger partial charge >= 0.3 is 0 Å². The molecular formula is C16H30FN3. The first-order valence-corrected chi connectivity index (χ1v) is 7.60. The van der Waals surface area contributed by atoms with Crippen molar-refractivity contribution in [2.45, 2.75) is 52.2 Å². The van der Waals surface area contributed by atoms with E-state index in [-0.39, 0.29) is 7.47 Å². The molecule has 2 atom stereocenters. The molecule has 1 aliphatic heterocycles. The number of nitrogens with zero attached hydrogens (tertiary/aromatic N) is 2. The van der Waals surface area contributed by atoms with Gasteiger partial charge in [0.15, 0.2) is 0 Å². The van der Waals surface area contributed by atoms with Crippen molar-refractivity contribution in [1.82, 2.24) is 9.88 Å². The number of likely N-dealkylation sites (tertiary alicyclic amines) is 1. The number of anilines is 1. The molecule has 1 unspecified atom stereocenters. The predicted octanol–water partition coefficient (Wildman–Crippen LogP) is 3.93. The van der Waals surface area contributed by atoms with Crippen LogP contribution < -0.4 is 5.32 Å². The van der Waals surface area contributed by atoms with E-state index in [1.807, 2.05) is 32.0 Å². The van der Waals surface area contributed by atoms with Crippen LogP contribution in [0.4, 0.5) is 10.1 Å². The van der Waals surface area contributed by atoms with E-state index in [9.17, 15) is 4.39 Å². The van der Waals surface area contributed by atoms with Crippen molar-refractivity contribution in [3.63, 3.8) is 0 Å². The highest BCUT2D eigenvalue weighted by molar-refractivity contribution is 5.44. The van der Waals surface area contributed by atoms with Crippen molar-refractivity contribution in [3.8, 4) is 0 Å². The number of hydrogen-bond acceptors (Lipinski definition) is 3. The highest BCUT2D eigenvalue weighted by atomic mass is 19.1. The summed E-state index contributed by atoms with van der Waals surface area (Å²) in [5.41, 5.74) is 2.11. The number of aromatic nitrogens is 1. The second-order valence-corrected chi connectivity index (χ2v) is 5.48. The van der Waals surface area contributed by atoms with Gasteiger partial charge in [-0.3, -0.25) is 4.98 Å². The fourth-order valence-corrected chi connectivity index (χ4v) is 2.29. The lowest BCUT2D eigenvalue weighted by Gasteiger charge is -2.33. The Balaban J connectivity index is 0.00000128. The molecule has 0 radical (unpaired) electrons. The van der Waals surface area contributed by atoms with Crippen LogP contribution in [0.1, 0.15) is 47.0 Å². The normalized spacial score (nSPS) is 23.1. The first kappa shape index (κ1) is 16.9. The molecule has 0 bridgehead atoms. The smallest absolute Gasteiger partial charge is 0.133 e. The van der Waals surface area contributed by atoms with E-state index in [1.165, 1.54) is 5.56 Å². The molecule has 0 aromatic carbocycles. The Morgan fingerprint density at radius 1 is 1.40 bits per heavy atom. The summed E-state index contributed by atoms with van der Waals surface area (Å²) >= 11 is 0. The Bertz CT molecular complexity index is 401. The maximum atomic E-state index is 13.9. The summed E-state index contributed by atoms with van der Waals surface area (Å²) in [7, 11) is 1.96. The number of halogens is 1. The van der Waals surface area contributed by atoms with Crippen LogP contribution in [0, 0.1) is 0 Å². The molecule has 3 nitrogen and oxygen atoms in total. The largest absolute Gasteiger partial charge is 0.378 e. The van der Waals surface area contributed by atoms with Gasteiger partial charge in [0.25, 0.3) is 0 Å². The molecule has 116 valence electrons. The van der Waals surface area contributed by atoms with E-state index >= 15 is 0 Å². The van der Waals surface area contributed by atoms with E-state index < -0.39 is 6.17 Å². The Labute approximate surface area is 124 Å². The minimum absolute atomic E-state index is 0. The average Bonchev–Trinajstić information content (AvgIpc) is 2.44. The van der Waals surface area contributed by atoms with Gasteiger partial charge in [0.05, 0.1) is 11.7 Å². The quantitative estimate of drug-likeness (QED) is 0.911. The summed E-state index contributed by atoms with van der Waals surface area (Å²) in [6.07, 6.45) is 3.67. The van der Waals surface area contributed by atoms with Crippen LogP contribution in [-0.2, 0) is 0 Å². The second-order valence-electron chi connectivity index (χ2n) is 5.48. The van der Waals surface area contributed by atoms with Gasteiger partial charge in [-0.05, 0) is 31.0 Å². The van der Waals surface area contributed by atoms with E-state index in [4.69, 9.17) is 0 Å². The Morgan fingerprint density at radius 3 is 2.70 bits per heavy atom. The molecule has 0 amide bonds. The standard InChI is InChI=1S/C14H22FN3.C2H6.H2/c1-10(2)11-6-12(8-16-7-11)17-14-4-5-18(3)9-13(14)15;1-2;/h6-8,10,13-14,17H,4-5,9H2,1-3H3;1-2H3;1H/t13-,14?;;/m0../s1. The second kappa shape index (κ2) is 8.20. The molecule has 1 aromatic rings. The van der Waals surface area contributed by atoms with Crippen LogP contribution in [0.15, 0.2) is 18.5 Å². The SMILES string of the molecule is CC.CC(C)c1cncc(NC2CCN(C)C[C@@H]2F)c1.[HH]. The summed E-state index contributed by atoms with van der Waals surface area (Å²) in [5.74, 6) is 0.443. The van der Waals surface area contributed by atoms with Gasteiger partial charge in [-0.15, -0.1) is 0 Å². The molecule has 4 heteroatoms. The molecule has 20 heavy (non-hydrogen) atoms. The van der Waals surface area contributed by atoms with Crippen molar-refractivity contribution in [2.24, 2.45) is 0 Å². The van der Waals surface area contributed by atoms with Gasteiger partial charge in [-0.1, -0.05) is 27.7 Å². The molecule has 1 saturated heterocycles. The molecule has 2 rings (SSSR count). The lowest BCUT2D eigenvalue weighted by atomic mass is 10.0. The maximum Gasteiger partial charge on any atom is 0.133 e. The van der Waals surface area contributed by atoms with E-state index in [2.05, 4.69) is 30.2 Å². The van der Waals surface area contributed by atoms with Gasteiger partial charge < -0.3 is 10.2 Å². The van der Waals surface area contributed by atoms with E-state index in [0.717, 1.165) is 18.7 Å². The van der Waals surface area contributed by atoms with Crippen molar-refractivity contribution in [3.05, 3.63) is 24.0 Å². The van der Waals surface area contributed by atoms with Crippen molar-refractivity contribution < 1.29 is 5.82 Å². The first-order chi connectivity index (χ1) is 9.56. The number of hydrogen-bond donors (Lipinski definition) is 1. The Kier molecular flexibility index (Phi) is 6.93. The van der Waals surface area contributed by atoms with Crippen LogP contribution in [0.25, 0.3) is 0 Å². The lowest BCUT2D eigenvalue weighted by molar-refractivity contribution is 0.149. The summed E-state index contributed by atoms with van der Waals surface area (Å²) < 4.78 is 13.9. The monoisotopic (exact) mass is 283 g/mol. The third kappa shape index (κ3) is 4.75. The number of alkyl halides is 1. The topological polar surface area (TPSA) is 28.2 Å². The molecule has 2 heterocycles. The third-order valence-corrected chi connectivity index (χ3v) is 3.52. The van der Waals surface area contributed by atoms with Gasteiger partial charge in [0, 0.05) is 26.9 Å². The Morgan fingerprint density at radius 2 is 2.10 bits per heavy atom. The van der Waals surface area contributed by atoms with Crippen LogP contribution in [0.2, 0.25) is 0 Å². The summed E-state index contributed by atoms with van der Waals surface area (Å²) in [6.45, 7) is 9.72. The van der Waals surface area contributed by atoms with Crippen molar-refractivity contribution >= 4 is 5.69 Å². The number of piperidine rings is 1. The summed E-state index contributed by atoms with van der Waals surface area (Å²) in [4.78, 5) is 6.25. The average molecular weight is 283 g/mol. The van der Waals surface area contributed by atoms with Crippen LogP contribution in [0.5, 0.6) is 0 Å². The molecule has 1 aliphatic rings. The Hall–Kier alpha value is -1.16. The molecule has 0 aliphatic carbocycles. The minimum atomic E-state index is -0.813. The zero-order chi connectivity index (χ0) is 15.1. The van der Waals surface area contributed by atoms with Gasteiger partial charge in [-0.2, -0.15) is 0 Å². The van der Waals surface area contributed by atoms with Gasteiger partial charge in [0.2, 0.25) is 0 Å². The fraction of sp³-hybridized carbons (Fsp3) is 0.688. The molecule has 0 saturated carbocycles. The zero-order valence-electron chi connectivity index (χ0n) is 13.4. The number of rotatable bonds is 3. The number of pyridine rings is 1. The predicted molar refractivity (Wildman–Crippen MR) is 86.2 cm³/mol. The van der Waals surface area contributed by atoms with E-state index in [0.29, 0.717) is 12.5 Å². The molecule has 0 spiro atoms. The fourth-order valence-electron chi connectivity index (χ4n) is 2.29. The number of nitrogens with one attached hydrogen (secondary N) is 1. The van der Waals surface area contributed by atoms with Crippen LogP contribution in [0.3, 0.4) is 0 Å². The molecule has 1 aromatic heterocycles. The van der Waals surface area contributed by atoms with Crippen molar-refractivity contribution in [1.29, 1.82) is 0 Å². The van der Waals surface area contributed by atoms with Crippen molar-refractivity contribution in [2.75, 3.05) is 25.5 Å². The summed E-state index contributed by atoms with van der Waals surface area (Å²) in [5, 5.41) is 3.28. The highest BCUT2D eigenvalue weighted by Crippen LogP contribution is 2.21. The van der Waals surface area contributed by atoms with Crippen LogP contribution >= 0.6 is 0 Å². The molecule has 1 N–H and O–H groups in total. The maximum absolute atomic E-state index is 13.9. The first-order valence-electron chi connectivity index (χ1n) is 7.60. The summed E-state index contributed by atoms with van der Waals surface area (Å²) in [6, 6.07) is 1.98. The highest BCUT2D eigenvalue weighted by Gasteiger charge is 2.27. The minimum Gasteiger partial charge on any atom is -0.378 e. The third-order valence-electron chi connectivity index (χ3n) is 3.52. The molecular weight excluding hydrogens is 253 g/mol. The zero-order valence-corrected chi connectivity index (χ0v) is 13.4. The van der Waals surface area contributed by atoms with Gasteiger partial charge in [0.1, 0.15) is 6.17 Å². The lowest BCUT2D eigenvalue weighted by Crippen LogP contribution is -2.46. The molecule has 1 fully saturated rings. The van der Waals surface area contributed by atoms with Crippen LogP contribution in [-0.4, -0.2) is 42.2 Å². The van der Waals surface area contributed by atoms with Gasteiger partial charge in [-0.25, -0.2) is 4.39 Å². The van der Waals surface area contributed by atoms with E-state index in [1.54, 1.807) is 6.20 Å².